The van der Waals surface area contributed by atoms with Crippen LogP contribution in [0.2, 0.25) is 0 Å². The molecule has 3 N–H and O–H groups in total. The molecule has 3 atom stereocenters. The van der Waals surface area contributed by atoms with Crippen molar-refractivity contribution in [3.63, 3.8) is 0 Å². The summed E-state index contributed by atoms with van der Waals surface area (Å²) >= 11 is 0. The third-order valence-electron chi connectivity index (χ3n) is 5.62. The Hall–Kier alpha value is -2.90. The second kappa shape index (κ2) is 9.54. The van der Waals surface area contributed by atoms with Crippen LogP contribution in [0.3, 0.4) is 0 Å². The van der Waals surface area contributed by atoms with Crippen molar-refractivity contribution in [3.8, 4) is 0 Å². The molecule has 1 aromatic carbocycles. The number of carbonyl (C=O) groups excluding carboxylic acids is 4. The van der Waals surface area contributed by atoms with Crippen molar-refractivity contribution in [2.45, 2.75) is 38.6 Å². The van der Waals surface area contributed by atoms with E-state index in [9.17, 15) is 19.2 Å². The van der Waals surface area contributed by atoms with Crippen LogP contribution in [-0.4, -0.2) is 54.3 Å². The molecule has 8 nitrogen and oxygen atoms in total. The van der Waals surface area contributed by atoms with Crippen LogP contribution in [0.4, 0.5) is 4.79 Å². The molecule has 2 aliphatic rings. The van der Waals surface area contributed by atoms with E-state index < -0.39 is 0 Å². The molecule has 3 unspecified atom stereocenters. The summed E-state index contributed by atoms with van der Waals surface area (Å²) in [5.74, 6) is -0.884. The third kappa shape index (κ3) is 5.34. The Morgan fingerprint density at radius 1 is 1.10 bits per heavy atom. The molecule has 0 aromatic heterocycles. The maximum Gasteiger partial charge on any atom is 0.324 e. The van der Waals surface area contributed by atoms with E-state index in [1.165, 1.54) is 11.8 Å². The summed E-state index contributed by atoms with van der Waals surface area (Å²) in [6, 6.07) is 9.08. The van der Waals surface area contributed by atoms with Crippen LogP contribution in [0.15, 0.2) is 30.3 Å². The number of urea groups is 1. The largest absolute Gasteiger partial charge is 0.355 e. The number of imide groups is 1. The number of benzene rings is 1. The van der Waals surface area contributed by atoms with Gasteiger partial charge in [-0.15, -0.1) is 0 Å². The number of nitrogens with one attached hydrogen (secondary N) is 3. The van der Waals surface area contributed by atoms with Crippen molar-refractivity contribution in [1.29, 1.82) is 0 Å². The molecule has 1 heterocycles. The first-order valence-corrected chi connectivity index (χ1v) is 10.1. The SMILES string of the molecule is CC(=O)NCCNC(=O)C1CCC2C(=O)N(CCc3ccccc3)C(=O)NC2C1. The molecule has 1 aromatic rings. The highest BCUT2D eigenvalue weighted by atomic mass is 16.2. The van der Waals surface area contributed by atoms with Crippen molar-refractivity contribution < 1.29 is 19.2 Å². The maximum atomic E-state index is 12.9. The minimum Gasteiger partial charge on any atom is -0.355 e. The van der Waals surface area contributed by atoms with Crippen LogP contribution in [0.1, 0.15) is 31.7 Å². The quantitative estimate of drug-likeness (QED) is 0.589. The van der Waals surface area contributed by atoms with Crippen molar-refractivity contribution in [2.24, 2.45) is 11.8 Å². The highest BCUT2D eigenvalue weighted by molar-refractivity contribution is 5.99. The van der Waals surface area contributed by atoms with Gasteiger partial charge in [0.15, 0.2) is 0 Å². The maximum absolute atomic E-state index is 12.9. The molecule has 3 rings (SSSR count). The minimum absolute atomic E-state index is 0.0954. The van der Waals surface area contributed by atoms with Crippen molar-refractivity contribution in [3.05, 3.63) is 35.9 Å². The van der Waals surface area contributed by atoms with E-state index in [1.54, 1.807) is 0 Å². The van der Waals surface area contributed by atoms with Gasteiger partial charge in [-0.2, -0.15) is 0 Å². The highest BCUT2D eigenvalue weighted by Crippen LogP contribution is 2.33. The fourth-order valence-electron chi connectivity index (χ4n) is 4.07. The van der Waals surface area contributed by atoms with Gasteiger partial charge in [-0.25, -0.2) is 4.79 Å². The molecule has 1 saturated heterocycles. The minimum atomic E-state index is -0.376. The number of carbonyl (C=O) groups is 4. The Kier molecular flexibility index (Phi) is 6.85. The number of nitrogens with zero attached hydrogens (tertiary/aromatic N) is 1. The summed E-state index contributed by atoms with van der Waals surface area (Å²) in [7, 11) is 0. The Bertz CT molecular complexity index is 767. The van der Waals surface area contributed by atoms with Crippen LogP contribution < -0.4 is 16.0 Å². The summed E-state index contributed by atoms with van der Waals surface area (Å²) in [6.07, 6.45) is 2.27. The van der Waals surface area contributed by atoms with E-state index >= 15 is 0 Å². The topological polar surface area (TPSA) is 108 Å². The normalized spacial score (nSPS) is 23.8. The number of rotatable bonds is 7. The highest BCUT2D eigenvalue weighted by Gasteiger charge is 2.45. The molecule has 2 fully saturated rings. The van der Waals surface area contributed by atoms with Crippen molar-refractivity contribution in [1.82, 2.24) is 20.9 Å². The van der Waals surface area contributed by atoms with Gasteiger partial charge in [-0.05, 0) is 31.2 Å². The molecule has 5 amide bonds. The lowest BCUT2D eigenvalue weighted by Gasteiger charge is -2.42. The molecular formula is C21H28N4O4. The smallest absolute Gasteiger partial charge is 0.324 e. The summed E-state index contributed by atoms with van der Waals surface area (Å²) in [6.45, 7) is 2.52. The third-order valence-corrected chi connectivity index (χ3v) is 5.62. The van der Waals surface area contributed by atoms with Gasteiger partial charge in [0.2, 0.25) is 17.7 Å². The van der Waals surface area contributed by atoms with E-state index in [4.69, 9.17) is 0 Å². The average Bonchev–Trinajstić information content (AvgIpc) is 2.71. The molecule has 1 aliphatic carbocycles. The van der Waals surface area contributed by atoms with Crippen molar-refractivity contribution >= 4 is 23.8 Å². The van der Waals surface area contributed by atoms with Gasteiger partial charge >= 0.3 is 6.03 Å². The molecule has 1 saturated carbocycles. The summed E-state index contributed by atoms with van der Waals surface area (Å²) < 4.78 is 0. The Balaban J connectivity index is 1.51. The van der Waals surface area contributed by atoms with Crippen molar-refractivity contribution in [2.75, 3.05) is 19.6 Å². The molecule has 1 aliphatic heterocycles. The van der Waals surface area contributed by atoms with E-state index in [1.807, 2.05) is 30.3 Å². The monoisotopic (exact) mass is 400 g/mol. The summed E-state index contributed by atoms with van der Waals surface area (Å²) in [5, 5.41) is 8.37. The van der Waals surface area contributed by atoms with E-state index in [2.05, 4.69) is 16.0 Å². The van der Waals surface area contributed by atoms with Gasteiger partial charge in [0.1, 0.15) is 0 Å². The second-order valence-corrected chi connectivity index (χ2v) is 7.67. The first-order valence-electron chi connectivity index (χ1n) is 10.1. The Morgan fingerprint density at radius 2 is 1.83 bits per heavy atom. The van der Waals surface area contributed by atoms with E-state index in [-0.39, 0.29) is 41.6 Å². The molecule has 0 bridgehead atoms. The molecule has 8 heteroatoms. The van der Waals surface area contributed by atoms with Gasteiger partial charge in [0.05, 0.1) is 5.92 Å². The Morgan fingerprint density at radius 3 is 2.55 bits per heavy atom. The van der Waals surface area contributed by atoms with Gasteiger partial charge in [0, 0.05) is 38.5 Å². The molecular weight excluding hydrogens is 372 g/mol. The first kappa shape index (κ1) is 20.8. The summed E-state index contributed by atoms with van der Waals surface area (Å²) in [5.41, 5.74) is 1.08. The van der Waals surface area contributed by atoms with Crippen LogP contribution >= 0.6 is 0 Å². The molecule has 0 radical (unpaired) electrons. The second-order valence-electron chi connectivity index (χ2n) is 7.67. The van der Waals surface area contributed by atoms with E-state index in [0.717, 1.165) is 5.56 Å². The predicted molar refractivity (Wildman–Crippen MR) is 107 cm³/mol. The van der Waals surface area contributed by atoms with Crippen LogP contribution in [0, 0.1) is 11.8 Å². The van der Waals surface area contributed by atoms with Crippen LogP contribution in [-0.2, 0) is 20.8 Å². The fraction of sp³-hybridized carbons (Fsp3) is 0.524. The van der Waals surface area contributed by atoms with Gasteiger partial charge in [-0.3, -0.25) is 19.3 Å². The van der Waals surface area contributed by atoms with Gasteiger partial charge < -0.3 is 16.0 Å². The molecule has 156 valence electrons. The standard InChI is InChI=1S/C21H28N4O4/c1-14(26)22-10-11-23-19(27)16-7-8-17-18(13-16)24-21(29)25(20(17)28)12-9-15-5-3-2-4-6-15/h2-6,16-18H,7-13H2,1H3,(H,22,26)(H,23,27)(H,24,29). The van der Waals surface area contributed by atoms with E-state index in [0.29, 0.717) is 45.3 Å². The zero-order chi connectivity index (χ0) is 20.8. The summed E-state index contributed by atoms with van der Waals surface area (Å²) in [4.78, 5) is 49.9. The zero-order valence-electron chi connectivity index (χ0n) is 16.6. The molecule has 29 heavy (non-hydrogen) atoms. The lowest BCUT2D eigenvalue weighted by molar-refractivity contribution is -0.139. The predicted octanol–water partition coefficient (Wildman–Crippen LogP) is 0.818. The number of fused-ring (bicyclic) bond motifs is 1. The van der Waals surface area contributed by atoms with Crippen LogP contribution in [0.25, 0.3) is 0 Å². The van der Waals surface area contributed by atoms with Gasteiger partial charge in [0.25, 0.3) is 0 Å². The lowest BCUT2D eigenvalue weighted by Crippen LogP contribution is -2.62. The zero-order valence-corrected chi connectivity index (χ0v) is 16.6. The fourth-order valence-corrected chi connectivity index (χ4v) is 4.07. The average molecular weight is 400 g/mol. The Labute approximate surface area is 170 Å². The van der Waals surface area contributed by atoms with Crippen LogP contribution in [0.5, 0.6) is 0 Å². The lowest BCUT2D eigenvalue weighted by atomic mass is 9.76. The first-order chi connectivity index (χ1) is 14.0. The molecule has 0 spiro atoms. The van der Waals surface area contributed by atoms with Gasteiger partial charge in [-0.1, -0.05) is 30.3 Å². The number of hydrogen-bond donors (Lipinski definition) is 3. The number of amides is 5. The number of hydrogen-bond acceptors (Lipinski definition) is 4.